The van der Waals surface area contributed by atoms with Crippen LogP contribution in [0.5, 0.6) is 0 Å². The SMILES string of the molecule is Cc1cc(C)nc(Sc2ncc(C(=O)N(C)c3cccnc3)n2C)n1. The normalized spacial score (nSPS) is 10.7. The number of hydrogen-bond acceptors (Lipinski definition) is 6. The van der Waals surface area contributed by atoms with Crippen molar-refractivity contribution in [2.75, 3.05) is 11.9 Å². The van der Waals surface area contributed by atoms with Crippen LogP contribution in [0, 0.1) is 13.8 Å². The smallest absolute Gasteiger partial charge is 0.276 e. The van der Waals surface area contributed by atoms with Crippen molar-refractivity contribution in [1.29, 1.82) is 0 Å². The van der Waals surface area contributed by atoms with Gasteiger partial charge in [0.2, 0.25) is 0 Å². The van der Waals surface area contributed by atoms with Gasteiger partial charge in [-0.3, -0.25) is 9.78 Å². The van der Waals surface area contributed by atoms with Gasteiger partial charge in [0.25, 0.3) is 5.91 Å². The molecule has 3 rings (SSSR count). The van der Waals surface area contributed by atoms with E-state index in [0.717, 1.165) is 17.1 Å². The van der Waals surface area contributed by atoms with E-state index in [1.54, 1.807) is 41.2 Å². The van der Waals surface area contributed by atoms with E-state index >= 15 is 0 Å². The third-order valence-corrected chi connectivity index (χ3v) is 4.57. The summed E-state index contributed by atoms with van der Waals surface area (Å²) in [6.07, 6.45) is 4.89. The van der Waals surface area contributed by atoms with Crippen LogP contribution in [0.3, 0.4) is 0 Å². The lowest BCUT2D eigenvalue weighted by atomic mass is 10.3. The zero-order valence-electron chi connectivity index (χ0n) is 14.5. The van der Waals surface area contributed by atoms with Crippen molar-refractivity contribution in [3.63, 3.8) is 0 Å². The Morgan fingerprint density at radius 2 is 1.92 bits per heavy atom. The van der Waals surface area contributed by atoms with E-state index in [-0.39, 0.29) is 5.91 Å². The molecule has 128 valence electrons. The highest BCUT2D eigenvalue weighted by Gasteiger charge is 2.20. The van der Waals surface area contributed by atoms with Crippen molar-refractivity contribution >= 4 is 23.4 Å². The molecule has 7 nitrogen and oxygen atoms in total. The molecular formula is C17H18N6OS. The quantitative estimate of drug-likeness (QED) is 0.671. The molecule has 25 heavy (non-hydrogen) atoms. The van der Waals surface area contributed by atoms with Crippen molar-refractivity contribution in [1.82, 2.24) is 24.5 Å². The van der Waals surface area contributed by atoms with Crippen LogP contribution < -0.4 is 4.90 Å². The van der Waals surface area contributed by atoms with Gasteiger partial charge in [0, 0.05) is 31.7 Å². The average molecular weight is 354 g/mol. The van der Waals surface area contributed by atoms with Crippen molar-refractivity contribution in [3.05, 3.63) is 53.9 Å². The van der Waals surface area contributed by atoms with E-state index in [0.29, 0.717) is 16.0 Å². The van der Waals surface area contributed by atoms with E-state index in [4.69, 9.17) is 0 Å². The summed E-state index contributed by atoms with van der Waals surface area (Å²) in [5.41, 5.74) is 3.01. The molecule has 0 aromatic carbocycles. The summed E-state index contributed by atoms with van der Waals surface area (Å²) in [7, 11) is 3.52. The molecule has 3 heterocycles. The number of carbonyl (C=O) groups is 1. The van der Waals surface area contributed by atoms with Crippen LogP contribution in [-0.2, 0) is 7.05 Å². The Morgan fingerprint density at radius 3 is 2.56 bits per heavy atom. The van der Waals surface area contributed by atoms with Crippen LogP contribution in [0.4, 0.5) is 5.69 Å². The molecule has 3 aromatic heterocycles. The van der Waals surface area contributed by atoms with Crippen LogP contribution in [0.2, 0.25) is 0 Å². The molecule has 0 bridgehead atoms. The van der Waals surface area contributed by atoms with Gasteiger partial charge in [0.05, 0.1) is 18.1 Å². The van der Waals surface area contributed by atoms with Gasteiger partial charge in [-0.1, -0.05) is 0 Å². The molecule has 0 radical (unpaired) electrons. The fourth-order valence-electron chi connectivity index (χ4n) is 2.35. The number of rotatable bonds is 4. The first kappa shape index (κ1) is 17.1. The average Bonchev–Trinajstić information content (AvgIpc) is 2.94. The van der Waals surface area contributed by atoms with E-state index in [9.17, 15) is 4.79 Å². The standard InChI is InChI=1S/C17H18N6OS/c1-11-8-12(2)21-16(20-11)25-17-19-10-14(23(17)4)15(24)22(3)13-6-5-7-18-9-13/h5-10H,1-4H3. The predicted molar refractivity (Wildman–Crippen MR) is 95.8 cm³/mol. The van der Waals surface area contributed by atoms with Crippen LogP contribution >= 0.6 is 11.8 Å². The van der Waals surface area contributed by atoms with Crippen molar-refractivity contribution < 1.29 is 4.79 Å². The molecular weight excluding hydrogens is 336 g/mol. The maximum Gasteiger partial charge on any atom is 0.276 e. The van der Waals surface area contributed by atoms with E-state index in [2.05, 4.69) is 19.9 Å². The number of pyridine rings is 1. The largest absolute Gasteiger partial charge is 0.318 e. The van der Waals surface area contributed by atoms with Crippen LogP contribution in [0.25, 0.3) is 0 Å². The summed E-state index contributed by atoms with van der Waals surface area (Å²) in [5.74, 6) is -0.156. The summed E-state index contributed by atoms with van der Waals surface area (Å²) in [6.45, 7) is 3.85. The lowest BCUT2D eigenvalue weighted by Gasteiger charge is -2.16. The molecule has 0 aliphatic rings. The van der Waals surface area contributed by atoms with Gasteiger partial charge in [-0.05, 0) is 43.8 Å². The molecule has 1 amide bonds. The summed E-state index contributed by atoms with van der Waals surface area (Å²) >= 11 is 1.33. The fourth-order valence-corrected chi connectivity index (χ4v) is 3.23. The van der Waals surface area contributed by atoms with Crippen LogP contribution in [0.1, 0.15) is 21.9 Å². The molecule has 0 atom stereocenters. The maximum atomic E-state index is 12.7. The highest BCUT2D eigenvalue weighted by atomic mass is 32.2. The monoisotopic (exact) mass is 354 g/mol. The Kier molecular flexibility index (Phi) is 4.80. The molecule has 0 aliphatic heterocycles. The second kappa shape index (κ2) is 7.02. The van der Waals surface area contributed by atoms with Crippen molar-refractivity contribution in [2.45, 2.75) is 24.2 Å². The molecule has 0 fully saturated rings. The Balaban J connectivity index is 1.84. The van der Waals surface area contributed by atoms with Crippen LogP contribution in [0.15, 0.2) is 47.1 Å². The van der Waals surface area contributed by atoms with Crippen molar-refractivity contribution in [2.24, 2.45) is 7.05 Å². The van der Waals surface area contributed by atoms with Gasteiger partial charge < -0.3 is 9.47 Å². The van der Waals surface area contributed by atoms with E-state index < -0.39 is 0 Å². The lowest BCUT2D eigenvalue weighted by Crippen LogP contribution is -2.28. The molecule has 8 heteroatoms. The van der Waals surface area contributed by atoms with Gasteiger partial charge in [0.15, 0.2) is 10.3 Å². The number of imidazole rings is 1. The number of anilines is 1. The highest BCUT2D eigenvalue weighted by Crippen LogP contribution is 2.25. The lowest BCUT2D eigenvalue weighted by molar-refractivity contribution is 0.0984. The Labute approximate surface area is 150 Å². The Morgan fingerprint density at radius 1 is 1.20 bits per heavy atom. The zero-order valence-corrected chi connectivity index (χ0v) is 15.3. The Bertz CT molecular complexity index is 889. The number of aryl methyl sites for hydroxylation is 2. The molecule has 0 spiro atoms. The number of amides is 1. The molecule has 0 saturated carbocycles. The minimum Gasteiger partial charge on any atom is -0.318 e. The number of hydrogen-bond donors (Lipinski definition) is 0. The number of carbonyl (C=O) groups excluding carboxylic acids is 1. The van der Waals surface area contributed by atoms with Crippen molar-refractivity contribution in [3.8, 4) is 0 Å². The topological polar surface area (TPSA) is 76.8 Å². The summed E-state index contributed by atoms with van der Waals surface area (Å²) < 4.78 is 1.75. The molecule has 0 unspecified atom stereocenters. The van der Waals surface area contributed by atoms with Gasteiger partial charge in [-0.25, -0.2) is 15.0 Å². The first-order chi connectivity index (χ1) is 12.0. The number of nitrogens with zero attached hydrogens (tertiary/aromatic N) is 6. The predicted octanol–water partition coefficient (Wildman–Crippen LogP) is 2.65. The number of aromatic nitrogens is 5. The molecule has 0 N–H and O–H groups in total. The van der Waals surface area contributed by atoms with Gasteiger partial charge >= 0.3 is 0 Å². The highest BCUT2D eigenvalue weighted by molar-refractivity contribution is 7.99. The Hall–Kier alpha value is -2.74. The van der Waals surface area contributed by atoms with E-state index in [1.807, 2.05) is 33.0 Å². The molecule has 0 aliphatic carbocycles. The fraction of sp³-hybridized carbons (Fsp3) is 0.235. The molecule has 0 saturated heterocycles. The third-order valence-electron chi connectivity index (χ3n) is 3.65. The second-order valence-electron chi connectivity index (χ2n) is 5.60. The van der Waals surface area contributed by atoms with Gasteiger partial charge in [-0.2, -0.15) is 0 Å². The first-order valence-corrected chi connectivity index (χ1v) is 8.47. The minimum absolute atomic E-state index is 0.156. The van der Waals surface area contributed by atoms with E-state index in [1.165, 1.54) is 11.8 Å². The zero-order chi connectivity index (χ0) is 18.0. The van der Waals surface area contributed by atoms with Crippen LogP contribution in [-0.4, -0.2) is 37.5 Å². The summed E-state index contributed by atoms with van der Waals surface area (Å²) in [5, 5.41) is 1.28. The maximum absolute atomic E-state index is 12.7. The third kappa shape index (κ3) is 3.69. The minimum atomic E-state index is -0.156. The van der Waals surface area contributed by atoms with Gasteiger partial charge in [0.1, 0.15) is 5.69 Å². The van der Waals surface area contributed by atoms with Gasteiger partial charge in [-0.15, -0.1) is 0 Å². The first-order valence-electron chi connectivity index (χ1n) is 7.65. The summed E-state index contributed by atoms with van der Waals surface area (Å²) in [4.78, 5) is 31.5. The second-order valence-corrected chi connectivity index (χ2v) is 6.53. The summed E-state index contributed by atoms with van der Waals surface area (Å²) in [6, 6.07) is 5.54. The molecule has 3 aromatic rings.